The number of fused-ring (bicyclic) bond motifs is 12. The third-order valence-corrected chi connectivity index (χ3v) is 25.3. The number of thiophene rings is 2. The van der Waals surface area contributed by atoms with Gasteiger partial charge in [-0.05, 0) is 118 Å². The lowest BCUT2D eigenvalue weighted by molar-refractivity contribution is 0.668. The summed E-state index contributed by atoms with van der Waals surface area (Å²) in [7, 11) is 0. The van der Waals surface area contributed by atoms with Crippen LogP contribution in [0, 0.1) is 0 Å². The maximum absolute atomic E-state index is 6.69. The van der Waals surface area contributed by atoms with E-state index in [1.54, 1.807) is 22.7 Å². The van der Waals surface area contributed by atoms with Crippen molar-refractivity contribution in [1.29, 1.82) is 0 Å². The molecule has 0 saturated carbocycles. The van der Waals surface area contributed by atoms with Crippen molar-refractivity contribution in [1.82, 2.24) is 59.8 Å². The van der Waals surface area contributed by atoms with Crippen LogP contribution in [0.3, 0.4) is 0 Å². The summed E-state index contributed by atoms with van der Waals surface area (Å²) >= 11 is 3.52. The average molecular weight is 1620 g/mol. The fourth-order valence-electron chi connectivity index (χ4n) is 16.8. The Hall–Kier alpha value is -16.4. The molecular formula is C108H62N12O2S2. The van der Waals surface area contributed by atoms with E-state index in [0.717, 1.165) is 180 Å². The summed E-state index contributed by atoms with van der Waals surface area (Å²) in [6.07, 6.45) is 0. The topological polar surface area (TPSA) is 181 Å². The minimum atomic E-state index is 0.529. The Kier molecular flexibility index (Phi) is 17.2. The summed E-state index contributed by atoms with van der Waals surface area (Å²) in [5, 5.41) is 8.30. The highest BCUT2D eigenvalue weighted by molar-refractivity contribution is 7.26. The van der Waals surface area contributed by atoms with E-state index < -0.39 is 0 Å². The number of benzene rings is 16. The Morgan fingerprint density at radius 3 is 0.766 bits per heavy atom. The molecule has 16 heteroatoms. The van der Waals surface area contributed by atoms with Gasteiger partial charge in [-0.15, -0.1) is 22.7 Å². The summed E-state index contributed by atoms with van der Waals surface area (Å²) in [5.41, 5.74) is 19.9. The monoisotopic (exact) mass is 1620 g/mol. The van der Waals surface area contributed by atoms with E-state index in [2.05, 4.69) is 170 Å². The van der Waals surface area contributed by atoms with Gasteiger partial charge in [-0.3, -0.25) is 0 Å². The van der Waals surface area contributed by atoms with Crippen molar-refractivity contribution in [2.24, 2.45) is 0 Å². The molecule has 16 aromatic carbocycles. The van der Waals surface area contributed by atoms with Crippen molar-refractivity contribution < 1.29 is 8.83 Å². The minimum Gasteiger partial charge on any atom is -0.456 e. The molecule has 14 nitrogen and oxygen atoms in total. The third kappa shape index (κ3) is 13.0. The molecule has 0 aliphatic rings. The Labute approximate surface area is 716 Å². The van der Waals surface area contributed by atoms with Crippen LogP contribution < -0.4 is 0 Å². The third-order valence-electron chi connectivity index (χ3n) is 23.0. The second kappa shape index (κ2) is 29.8. The van der Waals surface area contributed by atoms with E-state index in [9.17, 15) is 0 Å². The second-order valence-electron chi connectivity index (χ2n) is 30.6. The highest BCUT2D eigenvalue weighted by atomic mass is 32.1. The average Bonchev–Trinajstić information content (AvgIpc) is 1.59. The Balaban J connectivity index is 0.534. The number of hydrogen-bond acceptors (Lipinski definition) is 16. The standard InChI is InChI=1S/C108H62N12O2S2/c1-7-22-65(23-8-1)97-109-103(114-105(113-97)77-52-57-92-84(62-77)83-59-76(50-55-91(83)123-92)74-49-54-88-86(61-74)94-79(35-20-38-89(94)122-88)106-115-98(66-24-9-2-10-25-66)110-99(116-106)67-26-11-3-12-27-67)71-44-40-63(41-45-71)64-42-46-72(47-43-64)104-112-100(68-28-13-4-14-29-68)117-107(118-104)80-36-21-39-90-95(80)85-60-73(48-53-87(85)121-90)75-51-56-93-82(58-75)78-34-19-37-81(96(78)124-93)108-119-101(69-30-15-5-16-31-69)111-102(120-108)70-32-17-6-18-33-70/h1-62H. The van der Waals surface area contributed by atoms with E-state index in [1.165, 1.54) is 4.70 Å². The van der Waals surface area contributed by atoms with Crippen LogP contribution in [0.1, 0.15) is 0 Å². The molecule has 0 radical (unpaired) electrons. The molecule has 0 unspecified atom stereocenters. The van der Waals surface area contributed by atoms with E-state index in [1.807, 2.05) is 206 Å². The van der Waals surface area contributed by atoms with Crippen LogP contribution in [0.5, 0.6) is 0 Å². The van der Waals surface area contributed by atoms with Gasteiger partial charge in [0.15, 0.2) is 69.9 Å². The maximum Gasteiger partial charge on any atom is 0.165 e. The highest BCUT2D eigenvalue weighted by Crippen LogP contribution is 2.47. The number of nitrogens with zero attached hydrogens (tertiary/aromatic N) is 12. The largest absolute Gasteiger partial charge is 0.456 e. The van der Waals surface area contributed by atoms with Gasteiger partial charge >= 0.3 is 0 Å². The van der Waals surface area contributed by atoms with Gasteiger partial charge in [0.25, 0.3) is 0 Å². The molecule has 0 bridgehead atoms. The van der Waals surface area contributed by atoms with Gasteiger partial charge in [-0.1, -0.05) is 291 Å². The zero-order valence-corrected chi connectivity index (χ0v) is 67.4. The fraction of sp³-hybridized carbons (Fsp3) is 0. The van der Waals surface area contributed by atoms with Crippen LogP contribution in [0.15, 0.2) is 385 Å². The molecule has 24 aromatic rings. The molecule has 8 aromatic heterocycles. The highest BCUT2D eigenvalue weighted by Gasteiger charge is 2.25. The van der Waals surface area contributed by atoms with E-state index in [-0.39, 0.29) is 0 Å². The zero-order valence-electron chi connectivity index (χ0n) is 65.8. The maximum atomic E-state index is 6.69. The van der Waals surface area contributed by atoms with Gasteiger partial charge in [0, 0.05) is 129 Å². The van der Waals surface area contributed by atoms with Crippen LogP contribution in [-0.4, -0.2) is 59.8 Å². The molecule has 0 aliphatic carbocycles. The number of hydrogen-bond donors (Lipinski definition) is 0. The van der Waals surface area contributed by atoms with Crippen molar-refractivity contribution in [3.63, 3.8) is 0 Å². The molecule has 578 valence electrons. The Morgan fingerprint density at radius 1 is 0.153 bits per heavy atom. The lowest BCUT2D eigenvalue weighted by Gasteiger charge is -2.11. The minimum absolute atomic E-state index is 0.529. The number of furan rings is 2. The number of rotatable bonds is 15. The van der Waals surface area contributed by atoms with Crippen LogP contribution in [0.2, 0.25) is 0 Å². The SMILES string of the molecule is c1ccc(-c2nc(-c3ccc(-c4ccc(-c5nc(-c6ccccc6)nc(-c6cccc7oc8ccc(-c9ccc%10sc%11c(-c%12nc(-c%13ccccc%13)nc(-c%13ccccc%13)n%12)cccc%11c%10c9)cc8c67)n5)cc4)cc3)nc(-c3ccc4sc5ccc(-c6ccc7oc8cccc(-c9nc(-c%10ccccc%10)nc(-c%10ccccc%10)n9)c8c7c6)cc5c4c3)n2)cc1. The first-order chi connectivity index (χ1) is 61.3. The van der Waals surface area contributed by atoms with Crippen molar-refractivity contribution in [3.05, 3.63) is 376 Å². The molecule has 0 atom stereocenters. The van der Waals surface area contributed by atoms with Gasteiger partial charge in [-0.25, -0.2) is 59.8 Å². The van der Waals surface area contributed by atoms with Crippen LogP contribution >= 0.6 is 22.7 Å². The normalized spacial score (nSPS) is 11.7. The summed E-state index contributed by atoms with van der Waals surface area (Å²) in [5.74, 6) is 6.97. The molecular weight excluding hydrogens is 1560 g/mol. The summed E-state index contributed by atoms with van der Waals surface area (Å²) in [4.78, 5) is 61.9. The van der Waals surface area contributed by atoms with Crippen molar-refractivity contribution in [2.45, 2.75) is 0 Å². The molecule has 8 heterocycles. The van der Waals surface area contributed by atoms with Gasteiger partial charge in [0.05, 0.1) is 0 Å². The van der Waals surface area contributed by atoms with Gasteiger partial charge in [0.1, 0.15) is 22.3 Å². The quantitative estimate of drug-likeness (QED) is 0.0945. The lowest BCUT2D eigenvalue weighted by Crippen LogP contribution is -2.00. The fourth-order valence-corrected chi connectivity index (χ4v) is 19.1. The zero-order chi connectivity index (χ0) is 81.7. The Morgan fingerprint density at radius 2 is 0.403 bits per heavy atom. The van der Waals surface area contributed by atoms with Crippen LogP contribution in [0.4, 0.5) is 0 Å². The smallest absolute Gasteiger partial charge is 0.165 e. The van der Waals surface area contributed by atoms with Gasteiger partial charge in [-0.2, -0.15) is 0 Å². The molecule has 24 rings (SSSR count). The molecule has 0 spiro atoms. The predicted octanol–water partition coefficient (Wildman–Crippen LogP) is 28.0. The molecule has 0 fully saturated rings. The molecule has 124 heavy (non-hydrogen) atoms. The second-order valence-corrected chi connectivity index (χ2v) is 32.7. The summed E-state index contributed by atoms with van der Waals surface area (Å²) in [6.45, 7) is 0. The molecule has 0 N–H and O–H groups in total. The van der Waals surface area contributed by atoms with Crippen LogP contribution in [-0.2, 0) is 0 Å². The first-order valence-electron chi connectivity index (χ1n) is 40.8. The van der Waals surface area contributed by atoms with Crippen LogP contribution in [0.25, 0.3) is 254 Å². The van der Waals surface area contributed by atoms with Crippen molar-refractivity contribution in [2.75, 3.05) is 0 Å². The van der Waals surface area contributed by atoms with Gasteiger partial charge in [0.2, 0.25) is 0 Å². The van der Waals surface area contributed by atoms with Crippen molar-refractivity contribution >= 4 is 107 Å². The number of aromatic nitrogens is 12. The van der Waals surface area contributed by atoms with E-state index in [4.69, 9.17) is 68.6 Å². The first-order valence-corrected chi connectivity index (χ1v) is 42.4. The summed E-state index contributed by atoms with van der Waals surface area (Å²) in [6, 6.07) is 129. The predicted molar refractivity (Wildman–Crippen MR) is 502 cm³/mol. The lowest BCUT2D eigenvalue weighted by atomic mass is 9.99. The molecule has 0 amide bonds. The van der Waals surface area contributed by atoms with Crippen molar-refractivity contribution in [3.8, 4) is 170 Å². The van der Waals surface area contributed by atoms with E-state index >= 15 is 0 Å². The van der Waals surface area contributed by atoms with Gasteiger partial charge < -0.3 is 8.83 Å². The van der Waals surface area contributed by atoms with E-state index in [0.29, 0.717) is 69.9 Å². The molecule has 0 aliphatic heterocycles. The first kappa shape index (κ1) is 71.7. The summed E-state index contributed by atoms with van der Waals surface area (Å²) < 4.78 is 17.9. The molecule has 0 saturated heterocycles. The Bertz CT molecular complexity index is 8230.